The number of methoxy groups -OCH3 is 1. The molecule has 24 heavy (non-hydrogen) atoms. The fourth-order valence-electron chi connectivity index (χ4n) is 3.13. The van der Waals surface area contributed by atoms with Crippen molar-refractivity contribution in [3.8, 4) is 5.75 Å². The van der Waals surface area contributed by atoms with Crippen LogP contribution >= 0.6 is 0 Å². The summed E-state index contributed by atoms with van der Waals surface area (Å²) in [5.74, 6) is 0.841. The largest absolute Gasteiger partial charge is 0.496 e. The van der Waals surface area contributed by atoms with Crippen molar-refractivity contribution in [2.24, 2.45) is 5.92 Å². The van der Waals surface area contributed by atoms with Crippen LogP contribution in [0.25, 0.3) is 0 Å². The van der Waals surface area contributed by atoms with E-state index in [9.17, 15) is 9.59 Å². The number of ether oxygens (including phenoxy) is 2. The second-order valence-corrected chi connectivity index (χ2v) is 6.21. The third-order valence-electron chi connectivity index (χ3n) is 4.55. The van der Waals surface area contributed by atoms with Crippen LogP contribution in [-0.4, -0.2) is 43.6 Å². The zero-order valence-corrected chi connectivity index (χ0v) is 14.8. The van der Waals surface area contributed by atoms with Crippen LogP contribution < -0.4 is 4.74 Å². The quantitative estimate of drug-likeness (QED) is 0.751. The van der Waals surface area contributed by atoms with Gasteiger partial charge in [-0.1, -0.05) is 12.1 Å². The molecule has 1 aromatic rings. The van der Waals surface area contributed by atoms with Crippen molar-refractivity contribution in [1.29, 1.82) is 0 Å². The lowest BCUT2D eigenvalue weighted by Crippen LogP contribution is -2.40. The van der Waals surface area contributed by atoms with Crippen LogP contribution in [0.3, 0.4) is 0 Å². The Morgan fingerprint density at radius 2 is 1.96 bits per heavy atom. The molecule has 5 nitrogen and oxygen atoms in total. The van der Waals surface area contributed by atoms with Crippen molar-refractivity contribution in [1.82, 2.24) is 4.90 Å². The first-order chi connectivity index (χ1) is 11.5. The Bertz CT molecular complexity index is 577. The number of carbonyl (C=O) groups excluding carboxylic acids is 2. The van der Waals surface area contributed by atoms with Gasteiger partial charge in [-0.3, -0.25) is 9.59 Å². The monoisotopic (exact) mass is 333 g/mol. The minimum absolute atomic E-state index is 0.0572. The zero-order chi connectivity index (χ0) is 17.5. The molecule has 0 bridgehead atoms. The van der Waals surface area contributed by atoms with E-state index >= 15 is 0 Å². The fourth-order valence-corrected chi connectivity index (χ4v) is 3.13. The van der Waals surface area contributed by atoms with Gasteiger partial charge in [0.1, 0.15) is 5.75 Å². The third kappa shape index (κ3) is 4.73. The summed E-state index contributed by atoms with van der Waals surface area (Å²) in [6, 6.07) is 6.02. The molecular weight excluding hydrogens is 306 g/mol. The molecule has 0 atom stereocenters. The fraction of sp³-hybridized carbons (Fsp3) is 0.579. The normalized spacial score (nSPS) is 15.2. The Morgan fingerprint density at radius 1 is 1.25 bits per heavy atom. The van der Waals surface area contributed by atoms with Gasteiger partial charge in [0.05, 0.1) is 19.6 Å². The summed E-state index contributed by atoms with van der Waals surface area (Å²) in [5.41, 5.74) is 2.22. The van der Waals surface area contributed by atoms with Crippen molar-refractivity contribution in [2.75, 3.05) is 26.8 Å². The van der Waals surface area contributed by atoms with E-state index < -0.39 is 0 Å². The lowest BCUT2D eigenvalue weighted by atomic mass is 9.96. The summed E-state index contributed by atoms with van der Waals surface area (Å²) < 4.78 is 10.3. The van der Waals surface area contributed by atoms with E-state index in [-0.39, 0.29) is 17.8 Å². The molecule has 0 radical (unpaired) electrons. The van der Waals surface area contributed by atoms with Gasteiger partial charge in [0.25, 0.3) is 0 Å². The smallest absolute Gasteiger partial charge is 0.309 e. The van der Waals surface area contributed by atoms with Crippen LogP contribution in [0.1, 0.15) is 37.3 Å². The summed E-state index contributed by atoms with van der Waals surface area (Å²) in [5, 5.41) is 0. The van der Waals surface area contributed by atoms with Gasteiger partial charge in [0.15, 0.2) is 0 Å². The molecule has 0 spiro atoms. The maximum Gasteiger partial charge on any atom is 0.309 e. The molecular formula is C19H27NO4. The molecule has 1 aliphatic rings. The molecule has 2 rings (SSSR count). The van der Waals surface area contributed by atoms with Gasteiger partial charge in [-0.25, -0.2) is 0 Å². The van der Waals surface area contributed by atoms with E-state index in [0.717, 1.165) is 23.3 Å². The highest BCUT2D eigenvalue weighted by atomic mass is 16.5. The molecule has 1 saturated heterocycles. The average molecular weight is 333 g/mol. The molecule has 1 heterocycles. The number of aryl methyl sites for hydroxylation is 2. The van der Waals surface area contributed by atoms with Crippen molar-refractivity contribution in [3.05, 3.63) is 29.3 Å². The first kappa shape index (κ1) is 18.3. The Labute approximate surface area is 143 Å². The highest BCUT2D eigenvalue weighted by molar-refractivity contribution is 5.77. The van der Waals surface area contributed by atoms with Crippen LogP contribution in [0.5, 0.6) is 5.75 Å². The lowest BCUT2D eigenvalue weighted by Gasteiger charge is -2.31. The standard InChI is InChI=1S/C19H27NO4/c1-4-24-19(22)16-9-11-20(12-10-16)18(21)8-6-15-5-7-17(23-3)14(2)13-15/h5,7,13,16H,4,6,8-12H2,1-3H3. The summed E-state index contributed by atoms with van der Waals surface area (Å²) in [6.07, 6.45) is 2.62. The first-order valence-electron chi connectivity index (χ1n) is 8.63. The Hall–Kier alpha value is -2.04. The van der Waals surface area contributed by atoms with Gasteiger partial charge in [0.2, 0.25) is 5.91 Å². The van der Waals surface area contributed by atoms with E-state index in [1.54, 1.807) is 7.11 Å². The highest BCUT2D eigenvalue weighted by Gasteiger charge is 2.27. The van der Waals surface area contributed by atoms with Crippen LogP contribution in [0, 0.1) is 12.8 Å². The van der Waals surface area contributed by atoms with E-state index in [1.165, 1.54) is 0 Å². The maximum absolute atomic E-state index is 12.4. The number of amides is 1. The van der Waals surface area contributed by atoms with E-state index in [1.807, 2.05) is 30.9 Å². The minimum atomic E-state index is -0.127. The Kier molecular flexibility index (Phi) is 6.64. The summed E-state index contributed by atoms with van der Waals surface area (Å²) in [6.45, 7) is 5.52. The Morgan fingerprint density at radius 3 is 2.54 bits per heavy atom. The number of nitrogens with zero attached hydrogens (tertiary/aromatic N) is 1. The highest BCUT2D eigenvalue weighted by Crippen LogP contribution is 2.21. The van der Waals surface area contributed by atoms with Crippen molar-refractivity contribution in [2.45, 2.75) is 39.5 Å². The van der Waals surface area contributed by atoms with Gasteiger partial charge < -0.3 is 14.4 Å². The van der Waals surface area contributed by atoms with Crippen molar-refractivity contribution < 1.29 is 19.1 Å². The number of benzene rings is 1. The summed E-state index contributed by atoms with van der Waals surface area (Å²) in [7, 11) is 1.66. The van der Waals surface area contributed by atoms with E-state index in [4.69, 9.17) is 9.47 Å². The topological polar surface area (TPSA) is 55.8 Å². The predicted molar refractivity (Wildman–Crippen MR) is 92.0 cm³/mol. The molecule has 0 aliphatic carbocycles. The van der Waals surface area contributed by atoms with Gasteiger partial charge in [-0.05, 0) is 50.3 Å². The lowest BCUT2D eigenvalue weighted by molar-refractivity contribution is -0.151. The molecule has 0 aromatic heterocycles. The average Bonchev–Trinajstić information content (AvgIpc) is 2.60. The number of rotatable bonds is 6. The molecule has 1 fully saturated rings. The number of hydrogen-bond donors (Lipinski definition) is 0. The number of piperidine rings is 1. The Balaban J connectivity index is 1.79. The van der Waals surface area contributed by atoms with Gasteiger partial charge >= 0.3 is 5.97 Å². The molecule has 1 amide bonds. The predicted octanol–water partition coefficient (Wildman–Crippen LogP) is 2.74. The molecule has 0 saturated carbocycles. The van der Waals surface area contributed by atoms with Crippen LogP contribution in [0.2, 0.25) is 0 Å². The van der Waals surface area contributed by atoms with Gasteiger partial charge in [-0.15, -0.1) is 0 Å². The van der Waals surface area contributed by atoms with Crippen molar-refractivity contribution in [3.63, 3.8) is 0 Å². The number of carbonyl (C=O) groups is 2. The SMILES string of the molecule is CCOC(=O)C1CCN(C(=O)CCc2ccc(OC)c(C)c2)CC1. The molecule has 1 aliphatic heterocycles. The maximum atomic E-state index is 12.4. The second kappa shape index (κ2) is 8.71. The summed E-state index contributed by atoms with van der Waals surface area (Å²) >= 11 is 0. The molecule has 0 N–H and O–H groups in total. The van der Waals surface area contributed by atoms with Crippen molar-refractivity contribution >= 4 is 11.9 Å². The molecule has 0 unspecified atom stereocenters. The first-order valence-corrected chi connectivity index (χ1v) is 8.63. The van der Waals surface area contributed by atoms with Crippen LogP contribution in [0.15, 0.2) is 18.2 Å². The minimum Gasteiger partial charge on any atom is -0.496 e. The molecule has 1 aromatic carbocycles. The zero-order valence-electron chi connectivity index (χ0n) is 14.8. The second-order valence-electron chi connectivity index (χ2n) is 6.21. The molecule has 5 heteroatoms. The third-order valence-corrected chi connectivity index (χ3v) is 4.55. The van der Waals surface area contributed by atoms with Crippen LogP contribution in [-0.2, 0) is 20.7 Å². The summed E-state index contributed by atoms with van der Waals surface area (Å²) in [4.78, 5) is 26.0. The number of hydrogen-bond acceptors (Lipinski definition) is 4. The van der Waals surface area contributed by atoms with Crippen LogP contribution in [0.4, 0.5) is 0 Å². The van der Waals surface area contributed by atoms with E-state index in [2.05, 4.69) is 6.07 Å². The number of likely N-dealkylation sites (tertiary alicyclic amines) is 1. The molecule has 132 valence electrons. The van der Waals surface area contributed by atoms with Gasteiger partial charge in [-0.2, -0.15) is 0 Å². The number of esters is 1. The van der Waals surface area contributed by atoms with Gasteiger partial charge in [0, 0.05) is 19.5 Å². The van der Waals surface area contributed by atoms with E-state index in [0.29, 0.717) is 39.0 Å².